The summed E-state index contributed by atoms with van der Waals surface area (Å²) in [7, 11) is 1.40. The lowest BCUT2D eigenvalue weighted by molar-refractivity contribution is -0.141. The molecule has 0 amide bonds. The summed E-state index contributed by atoms with van der Waals surface area (Å²) in [6.07, 6.45) is 3.90. The minimum Gasteiger partial charge on any atom is -0.493 e. The first-order valence-electron chi connectivity index (χ1n) is 14.8. The van der Waals surface area contributed by atoms with Crippen molar-refractivity contribution < 1.29 is 28.5 Å². The second-order valence-electron chi connectivity index (χ2n) is 11.6. The van der Waals surface area contributed by atoms with Crippen LogP contribution in [0.25, 0.3) is 11.1 Å². The number of methoxy groups -OCH3 is 1. The Labute approximate surface area is 247 Å². The van der Waals surface area contributed by atoms with E-state index in [1.54, 1.807) is 0 Å². The van der Waals surface area contributed by atoms with Gasteiger partial charge in [0.25, 0.3) is 0 Å². The van der Waals surface area contributed by atoms with E-state index in [1.165, 1.54) is 12.7 Å². The zero-order valence-corrected chi connectivity index (χ0v) is 24.5. The third-order valence-electron chi connectivity index (χ3n) is 8.84. The molecule has 0 saturated carbocycles. The summed E-state index contributed by atoms with van der Waals surface area (Å²) in [4.78, 5) is 11.8. The highest BCUT2D eigenvalue weighted by Gasteiger charge is 2.31. The maximum atomic E-state index is 11.8. The zero-order chi connectivity index (χ0) is 29.2. The van der Waals surface area contributed by atoms with Crippen molar-refractivity contribution in [2.75, 3.05) is 33.5 Å². The van der Waals surface area contributed by atoms with Crippen LogP contribution in [0, 0.1) is 31.1 Å². The fourth-order valence-electron chi connectivity index (χ4n) is 6.64. The van der Waals surface area contributed by atoms with Gasteiger partial charge in [-0.3, -0.25) is 4.79 Å². The summed E-state index contributed by atoms with van der Waals surface area (Å²) in [5.41, 5.74) is 8.29. The number of nitriles is 1. The lowest BCUT2D eigenvalue weighted by atomic mass is 9.87. The van der Waals surface area contributed by atoms with Gasteiger partial charge in [0.05, 0.1) is 38.4 Å². The molecule has 3 aliphatic rings. The SMILES string of the molecule is COC(=O)CC1COc2cc(O[C@@H]3CCc4c3ccc(C#N)c4-c3c(C)cc(OCC4CCOCC4)cc3C)ccc21. The molecule has 3 aromatic rings. The summed E-state index contributed by atoms with van der Waals surface area (Å²) in [5, 5.41) is 10.1. The molecular weight excluding hydrogens is 530 g/mol. The van der Waals surface area contributed by atoms with Crippen molar-refractivity contribution in [3.63, 3.8) is 0 Å². The van der Waals surface area contributed by atoms with Crippen LogP contribution in [0.3, 0.4) is 0 Å². The standard InChI is InChI=1S/C35H37NO6/c1-21-14-27(40-19-23-10-12-39-13-11-23)15-22(2)34(21)35-24(18-36)4-6-29-30(35)8-9-31(29)42-26-5-7-28-25(16-33(37)38-3)20-41-32(28)17-26/h4-7,14-15,17,23,25,31H,8-13,16,19-20H2,1-3H3/t25?,31-/m1/s1. The summed E-state index contributed by atoms with van der Waals surface area (Å²) in [6, 6.07) is 16.5. The van der Waals surface area contributed by atoms with E-state index >= 15 is 0 Å². The Bertz CT molecular complexity index is 1510. The van der Waals surface area contributed by atoms with Crippen LogP contribution in [0.4, 0.5) is 0 Å². The molecule has 1 fully saturated rings. The predicted molar refractivity (Wildman–Crippen MR) is 158 cm³/mol. The van der Waals surface area contributed by atoms with Gasteiger partial charge in [0, 0.05) is 36.3 Å². The normalized spacial score (nSPS) is 19.4. The zero-order valence-electron chi connectivity index (χ0n) is 24.5. The minimum absolute atomic E-state index is 0.00852. The van der Waals surface area contributed by atoms with Crippen molar-refractivity contribution in [3.8, 4) is 34.4 Å². The van der Waals surface area contributed by atoms with E-state index in [-0.39, 0.29) is 18.0 Å². The molecule has 42 heavy (non-hydrogen) atoms. The number of hydrogen-bond donors (Lipinski definition) is 0. The smallest absolute Gasteiger partial charge is 0.306 e. The number of fused-ring (bicyclic) bond motifs is 2. The van der Waals surface area contributed by atoms with E-state index in [1.807, 2.05) is 30.3 Å². The number of ether oxygens (including phenoxy) is 5. The summed E-state index contributed by atoms with van der Waals surface area (Å²) in [6.45, 7) is 6.98. The summed E-state index contributed by atoms with van der Waals surface area (Å²) in [5.74, 6) is 2.64. The van der Waals surface area contributed by atoms with Crippen LogP contribution in [0.1, 0.15) is 71.1 Å². The van der Waals surface area contributed by atoms with Gasteiger partial charge in [-0.15, -0.1) is 0 Å². The van der Waals surface area contributed by atoms with Crippen molar-refractivity contribution in [1.29, 1.82) is 5.26 Å². The van der Waals surface area contributed by atoms with E-state index in [4.69, 9.17) is 23.7 Å². The Morgan fingerprint density at radius 3 is 2.48 bits per heavy atom. The fourth-order valence-corrected chi connectivity index (χ4v) is 6.64. The van der Waals surface area contributed by atoms with Gasteiger partial charge in [0.2, 0.25) is 0 Å². The average molecular weight is 568 g/mol. The second-order valence-corrected chi connectivity index (χ2v) is 11.6. The number of carbonyl (C=O) groups is 1. The lowest BCUT2D eigenvalue weighted by Crippen LogP contribution is -2.21. The van der Waals surface area contributed by atoms with Crippen LogP contribution in [-0.4, -0.2) is 39.5 Å². The Kier molecular flexibility index (Phi) is 8.08. The van der Waals surface area contributed by atoms with Crippen molar-refractivity contribution in [1.82, 2.24) is 0 Å². The number of esters is 1. The van der Waals surface area contributed by atoms with E-state index in [0.29, 0.717) is 31.1 Å². The second kappa shape index (κ2) is 12.1. The molecule has 0 N–H and O–H groups in total. The minimum atomic E-state index is -0.241. The van der Waals surface area contributed by atoms with Gasteiger partial charge in [0.15, 0.2) is 0 Å². The molecule has 0 radical (unpaired) electrons. The number of rotatable bonds is 8. The first-order valence-corrected chi connectivity index (χ1v) is 14.8. The molecule has 218 valence electrons. The molecule has 1 saturated heterocycles. The molecule has 0 spiro atoms. The van der Waals surface area contributed by atoms with Gasteiger partial charge in [-0.1, -0.05) is 12.1 Å². The van der Waals surface area contributed by atoms with Gasteiger partial charge in [-0.25, -0.2) is 0 Å². The van der Waals surface area contributed by atoms with Crippen molar-refractivity contribution in [2.24, 2.45) is 5.92 Å². The van der Waals surface area contributed by atoms with Gasteiger partial charge in [0.1, 0.15) is 23.4 Å². The van der Waals surface area contributed by atoms with E-state index in [9.17, 15) is 10.1 Å². The van der Waals surface area contributed by atoms with Crippen LogP contribution < -0.4 is 14.2 Å². The molecule has 3 aromatic carbocycles. The van der Waals surface area contributed by atoms with Gasteiger partial charge in [-0.2, -0.15) is 5.26 Å². The Balaban J connectivity index is 1.24. The van der Waals surface area contributed by atoms with E-state index in [2.05, 4.69) is 32.0 Å². The molecule has 2 aliphatic heterocycles. The Morgan fingerprint density at radius 2 is 1.74 bits per heavy atom. The molecule has 1 unspecified atom stereocenters. The van der Waals surface area contributed by atoms with Crippen LogP contribution >= 0.6 is 0 Å². The largest absolute Gasteiger partial charge is 0.493 e. The molecule has 0 aromatic heterocycles. The summed E-state index contributed by atoms with van der Waals surface area (Å²) >= 11 is 0. The number of nitrogens with zero attached hydrogens (tertiary/aromatic N) is 1. The molecule has 7 heteroatoms. The summed E-state index contributed by atoms with van der Waals surface area (Å²) < 4.78 is 28.9. The van der Waals surface area contributed by atoms with Crippen molar-refractivity contribution >= 4 is 5.97 Å². The van der Waals surface area contributed by atoms with E-state index in [0.717, 1.165) is 89.5 Å². The number of benzene rings is 3. The van der Waals surface area contributed by atoms with Gasteiger partial charge in [-0.05, 0) is 97.5 Å². The third-order valence-corrected chi connectivity index (χ3v) is 8.84. The van der Waals surface area contributed by atoms with Crippen LogP contribution in [0.2, 0.25) is 0 Å². The third kappa shape index (κ3) is 5.56. The highest BCUT2D eigenvalue weighted by molar-refractivity contribution is 5.81. The quantitative estimate of drug-likeness (QED) is 0.278. The molecule has 2 atom stereocenters. The fraction of sp³-hybridized carbons (Fsp3) is 0.429. The van der Waals surface area contributed by atoms with Gasteiger partial charge >= 0.3 is 5.97 Å². The first-order chi connectivity index (χ1) is 20.4. The maximum Gasteiger partial charge on any atom is 0.306 e. The Morgan fingerprint density at radius 1 is 0.976 bits per heavy atom. The first kappa shape index (κ1) is 28.1. The number of hydrogen-bond acceptors (Lipinski definition) is 7. The molecule has 0 bridgehead atoms. The lowest BCUT2D eigenvalue weighted by Gasteiger charge is -2.23. The molecule has 7 nitrogen and oxygen atoms in total. The van der Waals surface area contributed by atoms with Crippen molar-refractivity contribution in [3.05, 3.63) is 75.8 Å². The predicted octanol–water partition coefficient (Wildman–Crippen LogP) is 6.75. The molecule has 2 heterocycles. The van der Waals surface area contributed by atoms with Crippen LogP contribution in [-0.2, 0) is 20.7 Å². The van der Waals surface area contributed by atoms with Crippen LogP contribution in [0.5, 0.6) is 17.2 Å². The van der Waals surface area contributed by atoms with Crippen molar-refractivity contribution in [2.45, 2.75) is 58.0 Å². The monoisotopic (exact) mass is 567 g/mol. The van der Waals surface area contributed by atoms with E-state index < -0.39 is 0 Å². The number of aryl methyl sites for hydroxylation is 2. The highest BCUT2D eigenvalue weighted by atomic mass is 16.5. The average Bonchev–Trinajstić information content (AvgIpc) is 3.59. The highest BCUT2D eigenvalue weighted by Crippen LogP contribution is 2.45. The molecular formula is C35H37NO6. The number of carbonyl (C=O) groups excluding carboxylic acids is 1. The molecule has 6 rings (SSSR count). The van der Waals surface area contributed by atoms with Gasteiger partial charge < -0.3 is 23.7 Å². The topological polar surface area (TPSA) is 87.0 Å². The molecule has 1 aliphatic carbocycles. The Hall–Kier alpha value is -4.02. The van der Waals surface area contributed by atoms with Crippen LogP contribution in [0.15, 0.2) is 42.5 Å². The maximum absolute atomic E-state index is 11.8.